The van der Waals surface area contributed by atoms with E-state index in [9.17, 15) is 0 Å². The summed E-state index contributed by atoms with van der Waals surface area (Å²) in [5, 5.41) is 8.32. The van der Waals surface area contributed by atoms with Gasteiger partial charge < -0.3 is 10.1 Å². The monoisotopic (exact) mass is 394 g/mol. The Labute approximate surface area is 167 Å². The zero-order valence-corrected chi connectivity index (χ0v) is 17.6. The van der Waals surface area contributed by atoms with E-state index in [4.69, 9.17) is 19.8 Å². The minimum atomic E-state index is 0.0188. The first-order valence-electron chi connectivity index (χ1n) is 9.47. The highest BCUT2D eigenvalue weighted by molar-refractivity contribution is 7.19. The van der Waals surface area contributed by atoms with Crippen molar-refractivity contribution in [3.63, 3.8) is 0 Å². The molecule has 0 bridgehead atoms. The number of benzene rings is 1. The predicted molar refractivity (Wildman–Crippen MR) is 111 cm³/mol. The summed E-state index contributed by atoms with van der Waals surface area (Å²) in [7, 11) is 1.67. The number of hydrogen-bond acceptors (Lipinski definition) is 5. The Hall–Kier alpha value is -2.51. The molecule has 28 heavy (non-hydrogen) atoms. The van der Waals surface area contributed by atoms with Gasteiger partial charge in [0.2, 0.25) is 0 Å². The number of quaternary nitrogens is 1. The lowest BCUT2D eigenvalue weighted by atomic mass is 9.82. The fourth-order valence-electron chi connectivity index (χ4n) is 4.64. The molecule has 144 valence electrons. The van der Waals surface area contributed by atoms with Crippen molar-refractivity contribution in [1.82, 2.24) is 19.6 Å². The first-order valence-corrected chi connectivity index (χ1v) is 10.3. The molecule has 0 unspecified atom stereocenters. The molecule has 6 nitrogen and oxygen atoms in total. The molecule has 4 aromatic rings. The van der Waals surface area contributed by atoms with Gasteiger partial charge in [0, 0.05) is 6.42 Å². The molecule has 1 aliphatic heterocycles. The summed E-state index contributed by atoms with van der Waals surface area (Å²) in [4.78, 5) is 12.1. The van der Waals surface area contributed by atoms with Gasteiger partial charge in [0.25, 0.3) is 0 Å². The number of aromatic nitrogens is 4. The molecule has 7 heteroatoms. The van der Waals surface area contributed by atoms with Crippen molar-refractivity contribution >= 4 is 27.2 Å². The fraction of sp³-hybridized carbons (Fsp3) is 0.381. The summed E-state index contributed by atoms with van der Waals surface area (Å²) in [6, 6.07) is 7.85. The number of nitrogens with two attached hydrogens (primary N) is 1. The summed E-state index contributed by atoms with van der Waals surface area (Å²) in [5.41, 5.74) is 3.28. The Kier molecular flexibility index (Phi) is 3.61. The van der Waals surface area contributed by atoms with Crippen LogP contribution in [0.1, 0.15) is 38.1 Å². The second-order valence-corrected chi connectivity index (χ2v) is 9.77. The number of hydrogen-bond donors (Lipinski definition) is 1. The van der Waals surface area contributed by atoms with Gasteiger partial charge in [0.05, 0.1) is 28.5 Å². The topological polar surface area (TPSA) is 68.9 Å². The second kappa shape index (κ2) is 5.75. The third kappa shape index (κ3) is 2.53. The molecule has 2 N–H and O–H groups in total. The zero-order chi connectivity index (χ0) is 19.7. The van der Waals surface area contributed by atoms with Crippen molar-refractivity contribution in [2.45, 2.75) is 45.2 Å². The van der Waals surface area contributed by atoms with Gasteiger partial charge in [-0.3, -0.25) is 0 Å². The van der Waals surface area contributed by atoms with E-state index in [2.05, 4.69) is 33.0 Å². The first kappa shape index (κ1) is 17.6. The second-order valence-electron chi connectivity index (χ2n) is 8.77. The molecular weight excluding hydrogens is 370 g/mol. The average Bonchev–Trinajstić information content (AvgIpc) is 3.21. The van der Waals surface area contributed by atoms with E-state index in [1.807, 2.05) is 24.3 Å². The van der Waals surface area contributed by atoms with Gasteiger partial charge in [-0.05, 0) is 45.4 Å². The molecule has 1 aromatic carbocycles. The van der Waals surface area contributed by atoms with E-state index >= 15 is 0 Å². The number of nitrogens with zero attached hydrogens (tertiary/aromatic N) is 4. The molecule has 1 aliphatic rings. The van der Waals surface area contributed by atoms with E-state index in [1.165, 1.54) is 10.4 Å². The molecule has 0 saturated heterocycles. The van der Waals surface area contributed by atoms with E-state index in [-0.39, 0.29) is 11.1 Å². The minimum absolute atomic E-state index is 0.0188. The van der Waals surface area contributed by atoms with Crippen molar-refractivity contribution < 1.29 is 10.1 Å². The highest BCUT2D eigenvalue weighted by atomic mass is 32.1. The Morgan fingerprint density at radius 2 is 1.96 bits per heavy atom. The third-order valence-corrected chi connectivity index (χ3v) is 6.92. The largest absolute Gasteiger partial charge is 0.496 e. The third-order valence-electron chi connectivity index (χ3n) is 5.44. The Morgan fingerprint density at radius 3 is 2.75 bits per heavy atom. The summed E-state index contributed by atoms with van der Waals surface area (Å²) in [5.74, 6) is 1.43. The molecule has 4 heterocycles. The molecular formula is C21H24N5OS+. The van der Waals surface area contributed by atoms with Crippen LogP contribution in [0.5, 0.6) is 5.75 Å². The van der Waals surface area contributed by atoms with Crippen LogP contribution in [-0.4, -0.2) is 32.2 Å². The SMILES string of the molecule is COc1ccccc1-c1nc2c3c4c(sc3ncn2n1)C(C)(C)[NH2+]C(C)(C)C4. The lowest BCUT2D eigenvalue weighted by Gasteiger charge is -2.38. The lowest BCUT2D eigenvalue weighted by Crippen LogP contribution is -3.03. The van der Waals surface area contributed by atoms with Crippen LogP contribution in [0, 0.1) is 0 Å². The molecule has 0 amide bonds. The maximum absolute atomic E-state index is 5.51. The molecule has 0 atom stereocenters. The highest BCUT2D eigenvalue weighted by Gasteiger charge is 2.43. The van der Waals surface area contributed by atoms with E-state index in [0.717, 1.165) is 33.6 Å². The predicted octanol–water partition coefficient (Wildman–Crippen LogP) is 3.15. The smallest absolute Gasteiger partial charge is 0.185 e. The van der Waals surface area contributed by atoms with Crippen molar-refractivity contribution in [2.24, 2.45) is 0 Å². The van der Waals surface area contributed by atoms with E-state index in [1.54, 1.807) is 29.3 Å². The lowest BCUT2D eigenvalue weighted by molar-refractivity contribution is -0.789. The number of thiophene rings is 1. The number of para-hydroxylation sites is 1. The standard InChI is InChI=1S/C21H23N5OS/c1-20(2)10-13-15-18-23-17(12-8-6-7-9-14(12)27-5)24-26(18)11-22-19(15)28-16(13)21(3,4)25-20/h6-9,11,25H,10H2,1-5H3/p+1. The van der Waals surface area contributed by atoms with Crippen LogP contribution in [0.25, 0.3) is 27.3 Å². The van der Waals surface area contributed by atoms with E-state index < -0.39 is 0 Å². The van der Waals surface area contributed by atoms with Crippen LogP contribution < -0.4 is 10.1 Å². The van der Waals surface area contributed by atoms with Crippen molar-refractivity contribution in [3.8, 4) is 17.1 Å². The Bertz CT molecular complexity index is 1220. The van der Waals surface area contributed by atoms with Crippen LogP contribution in [0.3, 0.4) is 0 Å². The number of rotatable bonds is 2. The molecule has 0 radical (unpaired) electrons. The zero-order valence-electron chi connectivity index (χ0n) is 16.8. The quantitative estimate of drug-likeness (QED) is 0.567. The summed E-state index contributed by atoms with van der Waals surface area (Å²) in [6.07, 6.45) is 2.76. The van der Waals surface area contributed by atoms with E-state index in [0.29, 0.717) is 5.82 Å². The van der Waals surface area contributed by atoms with Crippen LogP contribution in [0.15, 0.2) is 30.6 Å². The Morgan fingerprint density at radius 1 is 1.18 bits per heavy atom. The van der Waals surface area contributed by atoms with Crippen LogP contribution in [0.2, 0.25) is 0 Å². The van der Waals surface area contributed by atoms with Gasteiger partial charge in [-0.25, -0.2) is 14.5 Å². The van der Waals surface area contributed by atoms with Crippen LogP contribution in [0.4, 0.5) is 0 Å². The summed E-state index contributed by atoms with van der Waals surface area (Å²) < 4.78 is 7.31. The minimum Gasteiger partial charge on any atom is -0.496 e. The van der Waals surface area contributed by atoms with Crippen LogP contribution in [-0.2, 0) is 12.0 Å². The fourth-order valence-corrected chi connectivity index (χ4v) is 5.87. The molecule has 0 fully saturated rings. The number of ether oxygens (including phenoxy) is 1. The van der Waals surface area contributed by atoms with Gasteiger partial charge in [-0.1, -0.05) is 12.1 Å². The molecule has 3 aromatic heterocycles. The highest BCUT2D eigenvalue weighted by Crippen LogP contribution is 2.41. The summed E-state index contributed by atoms with van der Waals surface area (Å²) >= 11 is 1.79. The Balaban J connectivity index is 1.79. The number of methoxy groups -OCH3 is 1. The van der Waals surface area contributed by atoms with Gasteiger partial charge in [0.15, 0.2) is 11.5 Å². The van der Waals surface area contributed by atoms with Gasteiger partial charge in [-0.2, -0.15) is 0 Å². The maximum atomic E-state index is 5.51. The van der Waals surface area contributed by atoms with Crippen molar-refractivity contribution in [3.05, 3.63) is 41.0 Å². The van der Waals surface area contributed by atoms with Crippen LogP contribution >= 0.6 is 11.3 Å². The maximum Gasteiger partial charge on any atom is 0.185 e. The molecule has 0 spiro atoms. The van der Waals surface area contributed by atoms with Crippen molar-refractivity contribution in [1.29, 1.82) is 0 Å². The van der Waals surface area contributed by atoms with Crippen molar-refractivity contribution in [2.75, 3.05) is 7.11 Å². The number of fused-ring (bicyclic) bond motifs is 5. The molecule has 0 saturated carbocycles. The summed E-state index contributed by atoms with van der Waals surface area (Å²) in [6.45, 7) is 9.20. The first-order chi connectivity index (χ1) is 13.3. The molecule has 0 aliphatic carbocycles. The normalized spacial score (nSPS) is 17.8. The molecule has 5 rings (SSSR count). The van der Waals surface area contributed by atoms with Gasteiger partial charge >= 0.3 is 0 Å². The average molecular weight is 395 g/mol. The van der Waals surface area contributed by atoms with Gasteiger partial charge in [-0.15, -0.1) is 16.4 Å². The van der Waals surface area contributed by atoms with Gasteiger partial charge in [0.1, 0.15) is 22.4 Å².